The topological polar surface area (TPSA) is 204 Å². The number of phosphoric acid groups is 2. The number of carbonyl (C=O) groups is 2. The smallest absolute Gasteiger partial charge is 0.306 e. The SMILES string of the molecule is CCCCCCCCCCCCCCCCCC(=O)OC[C@H](COP(=O)([O-])OC[C@@H](O)COP(=O)([O-])[O-])OC(=O)CCCCCCCCCCCCCCCCC. The largest absolute Gasteiger partial charge is 0.790 e. The van der Waals surface area contributed by atoms with Crippen LogP contribution in [0.4, 0.5) is 0 Å². The molecule has 0 aromatic heterocycles. The Hall–Kier alpha value is -0.880. The number of aliphatic hydroxyl groups is 1. The number of hydrogen-bond donors (Lipinski definition) is 1. The molecular formula is C42H81O13P2-3. The Bertz CT molecular complexity index is 1030. The first-order valence-electron chi connectivity index (χ1n) is 22.7. The van der Waals surface area contributed by atoms with Crippen LogP contribution in [0.1, 0.15) is 219 Å². The monoisotopic (exact) mass is 856 g/mol. The summed E-state index contributed by atoms with van der Waals surface area (Å²) in [6, 6.07) is 0. The molecule has 0 saturated heterocycles. The maximum atomic E-state index is 12.6. The van der Waals surface area contributed by atoms with Crippen molar-refractivity contribution < 1.29 is 61.6 Å². The fraction of sp³-hybridized carbons (Fsp3) is 0.952. The number of esters is 2. The highest BCUT2D eigenvalue weighted by Gasteiger charge is 2.22. The van der Waals surface area contributed by atoms with Crippen LogP contribution in [0.15, 0.2) is 0 Å². The molecule has 3 atom stereocenters. The van der Waals surface area contributed by atoms with Gasteiger partial charge in [0.25, 0.3) is 7.82 Å². The van der Waals surface area contributed by atoms with Crippen molar-refractivity contribution in [3.8, 4) is 0 Å². The molecule has 13 nitrogen and oxygen atoms in total. The first-order chi connectivity index (χ1) is 27.4. The van der Waals surface area contributed by atoms with Gasteiger partial charge in [-0.25, -0.2) is 0 Å². The predicted octanol–water partition coefficient (Wildman–Crippen LogP) is 9.67. The van der Waals surface area contributed by atoms with Gasteiger partial charge in [0.15, 0.2) is 6.10 Å². The Morgan fingerprint density at radius 1 is 0.456 bits per heavy atom. The Balaban J connectivity index is 4.45. The standard InChI is InChI=1S/C42H84O13P2/c1-3-5-7-9-11-13-15-17-19-21-23-25-27-29-31-33-41(44)51-37-40(38-54-57(49,50)53-36-39(43)35-52-56(46,47)48)55-42(45)34-32-30-28-26-24-22-20-18-16-14-12-10-8-6-4-2/h39-40,43H,3-38H2,1-2H3,(H,49,50)(H2,46,47,48)/p-3/t39-,40+/m0/s1. The van der Waals surface area contributed by atoms with Gasteiger partial charge in [-0.1, -0.05) is 194 Å². The number of rotatable bonds is 44. The van der Waals surface area contributed by atoms with Gasteiger partial charge >= 0.3 is 11.9 Å². The number of hydrogen-bond acceptors (Lipinski definition) is 13. The van der Waals surface area contributed by atoms with Crippen molar-refractivity contribution in [2.75, 3.05) is 26.4 Å². The van der Waals surface area contributed by atoms with Crippen LogP contribution in [0.5, 0.6) is 0 Å². The van der Waals surface area contributed by atoms with Crippen LogP contribution in [-0.4, -0.2) is 55.7 Å². The molecule has 0 heterocycles. The lowest BCUT2D eigenvalue weighted by atomic mass is 10.0. The van der Waals surface area contributed by atoms with Crippen LogP contribution < -0.4 is 14.7 Å². The second-order valence-corrected chi connectivity index (χ2v) is 18.2. The van der Waals surface area contributed by atoms with Crippen LogP contribution >= 0.6 is 15.6 Å². The van der Waals surface area contributed by atoms with E-state index in [2.05, 4.69) is 22.9 Å². The van der Waals surface area contributed by atoms with Gasteiger partial charge in [-0.3, -0.25) is 14.2 Å². The van der Waals surface area contributed by atoms with Crippen molar-refractivity contribution in [1.29, 1.82) is 0 Å². The van der Waals surface area contributed by atoms with E-state index in [1.165, 1.54) is 141 Å². The minimum Gasteiger partial charge on any atom is -0.790 e. The van der Waals surface area contributed by atoms with E-state index in [9.17, 15) is 38.5 Å². The molecule has 0 fully saturated rings. The van der Waals surface area contributed by atoms with Crippen molar-refractivity contribution in [2.24, 2.45) is 0 Å². The Morgan fingerprint density at radius 2 is 0.772 bits per heavy atom. The van der Waals surface area contributed by atoms with Gasteiger partial charge in [0, 0.05) is 12.8 Å². The fourth-order valence-corrected chi connectivity index (χ4v) is 7.65. The van der Waals surface area contributed by atoms with E-state index in [0.29, 0.717) is 12.8 Å². The molecule has 0 spiro atoms. The van der Waals surface area contributed by atoms with Crippen LogP contribution in [0.25, 0.3) is 0 Å². The summed E-state index contributed by atoms with van der Waals surface area (Å²) in [7, 11) is -10.4. The molecule has 57 heavy (non-hydrogen) atoms. The van der Waals surface area contributed by atoms with Crippen LogP contribution in [0, 0.1) is 0 Å². The molecule has 0 bridgehead atoms. The van der Waals surface area contributed by atoms with Crippen LogP contribution in [0.3, 0.4) is 0 Å². The van der Waals surface area contributed by atoms with Crippen LogP contribution in [0.2, 0.25) is 0 Å². The average molecular weight is 856 g/mol. The van der Waals surface area contributed by atoms with E-state index in [1.807, 2.05) is 0 Å². The molecule has 340 valence electrons. The van der Waals surface area contributed by atoms with Gasteiger partial charge in [-0.05, 0) is 12.8 Å². The highest BCUT2D eigenvalue weighted by atomic mass is 31.2. The lowest BCUT2D eigenvalue weighted by Crippen LogP contribution is -2.31. The molecule has 0 aliphatic rings. The molecule has 0 amide bonds. The lowest BCUT2D eigenvalue weighted by molar-refractivity contribution is -0.342. The zero-order valence-corrected chi connectivity index (χ0v) is 37.6. The predicted molar refractivity (Wildman–Crippen MR) is 219 cm³/mol. The van der Waals surface area contributed by atoms with Gasteiger partial charge < -0.3 is 47.4 Å². The molecule has 0 aromatic rings. The Morgan fingerprint density at radius 3 is 1.14 bits per heavy atom. The maximum Gasteiger partial charge on any atom is 0.306 e. The minimum atomic E-state index is -5.37. The second-order valence-electron chi connectivity index (χ2n) is 15.6. The number of aliphatic hydroxyl groups excluding tert-OH is 1. The highest BCUT2D eigenvalue weighted by Crippen LogP contribution is 2.39. The summed E-state index contributed by atoms with van der Waals surface area (Å²) in [5, 5.41) is 9.66. The first kappa shape index (κ1) is 56.1. The van der Waals surface area contributed by atoms with E-state index in [4.69, 9.17) is 14.0 Å². The third-order valence-electron chi connectivity index (χ3n) is 9.97. The second kappa shape index (κ2) is 39.3. The van der Waals surface area contributed by atoms with Gasteiger partial charge in [0.2, 0.25) is 0 Å². The summed E-state index contributed by atoms with van der Waals surface area (Å²) in [6.07, 6.45) is 33.2. The fourth-order valence-electron chi connectivity index (χ4n) is 6.51. The molecule has 0 aromatic carbocycles. The molecule has 1 N–H and O–H groups in total. The van der Waals surface area contributed by atoms with Crippen molar-refractivity contribution in [3.63, 3.8) is 0 Å². The average Bonchev–Trinajstić information content (AvgIpc) is 3.17. The Kier molecular flexibility index (Phi) is 38.7. The number of carbonyl (C=O) groups excluding carboxylic acids is 2. The van der Waals surface area contributed by atoms with E-state index >= 15 is 0 Å². The maximum absolute atomic E-state index is 12.6. The van der Waals surface area contributed by atoms with Gasteiger partial charge in [-0.15, -0.1) is 0 Å². The molecule has 0 saturated carbocycles. The summed E-state index contributed by atoms with van der Waals surface area (Å²) in [4.78, 5) is 58.5. The molecule has 0 aliphatic carbocycles. The highest BCUT2D eigenvalue weighted by molar-refractivity contribution is 7.45. The van der Waals surface area contributed by atoms with E-state index in [-0.39, 0.29) is 12.8 Å². The van der Waals surface area contributed by atoms with Crippen molar-refractivity contribution in [1.82, 2.24) is 0 Å². The van der Waals surface area contributed by atoms with E-state index in [0.717, 1.165) is 38.5 Å². The van der Waals surface area contributed by atoms with Crippen molar-refractivity contribution >= 4 is 27.6 Å². The first-order valence-corrected chi connectivity index (χ1v) is 25.6. The summed E-state index contributed by atoms with van der Waals surface area (Å²) in [5.41, 5.74) is 0. The summed E-state index contributed by atoms with van der Waals surface area (Å²) < 4.78 is 46.8. The third kappa shape index (κ3) is 43.0. The number of phosphoric ester groups is 2. The summed E-state index contributed by atoms with van der Waals surface area (Å²) >= 11 is 0. The van der Waals surface area contributed by atoms with Crippen molar-refractivity contribution in [2.45, 2.75) is 232 Å². The number of unbranched alkanes of at least 4 members (excludes halogenated alkanes) is 28. The third-order valence-corrected chi connectivity index (χ3v) is 11.4. The van der Waals surface area contributed by atoms with E-state index < -0.39 is 66.2 Å². The zero-order chi connectivity index (χ0) is 42.3. The van der Waals surface area contributed by atoms with Gasteiger partial charge in [0.05, 0.1) is 27.6 Å². The molecular weight excluding hydrogens is 774 g/mol. The Labute approximate surface area is 346 Å². The molecule has 1 unspecified atom stereocenters. The van der Waals surface area contributed by atoms with Crippen LogP contribution in [-0.2, 0) is 41.8 Å². The van der Waals surface area contributed by atoms with Crippen molar-refractivity contribution in [3.05, 3.63) is 0 Å². The number of ether oxygens (including phenoxy) is 2. The minimum absolute atomic E-state index is 0.114. The molecule has 0 rings (SSSR count). The van der Waals surface area contributed by atoms with Gasteiger partial charge in [-0.2, -0.15) is 0 Å². The lowest BCUT2D eigenvalue weighted by Gasteiger charge is -2.30. The summed E-state index contributed by atoms with van der Waals surface area (Å²) in [6.45, 7) is 1.41. The zero-order valence-electron chi connectivity index (χ0n) is 35.9. The molecule has 0 radical (unpaired) electrons. The molecule has 15 heteroatoms. The quantitative estimate of drug-likeness (QED) is 0.0345. The summed E-state index contributed by atoms with van der Waals surface area (Å²) in [5.74, 6) is -1.07. The van der Waals surface area contributed by atoms with E-state index in [1.54, 1.807) is 0 Å². The molecule has 0 aliphatic heterocycles. The van der Waals surface area contributed by atoms with Gasteiger partial charge in [0.1, 0.15) is 12.7 Å². The normalized spacial score (nSPS) is 14.0.